The molecule has 0 radical (unpaired) electrons. The first kappa shape index (κ1) is 13.4. The first-order valence-corrected chi connectivity index (χ1v) is 6.52. The summed E-state index contributed by atoms with van der Waals surface area (Å²) < 4.78 is 7.01. The van der Waals surface area contributed by atoms with Crippen LogP contribution in [0.5, 0.6) is 0 Å². The Morgan fingerprint density at radius 3 is 2.95 bits per heavy atom. The lowest BCUT2D eigenvalue weighted by atomic mass is 10.2. The molecule has 3 rings (SSSR count). The molecule has 0 aliphatic carbocycles. The summed E-state index contributed by atoms with van der Waals surface area (Å²) in [5.74, 6) is 0.802. The van der Waals surface area contributed by atoms with Gasteiger partial charge < -0.3 is 4.42 Å². The van der Waals surface area contributed by atoms with E-state index in [2.05, 4.69) is 15.0 Å². The first-order chi connectivity index (χ1) is 10.2. The monoisotopic (exact) mass is 285 g/mol. The lowest BCUT2D eigenvalue weighted by Gasteiger charge is -2.22. The van der Waals surface area contributed by atoms with Crippen molar-refractivity contribution in [3.63, 3.8) is 0 Å². The maximum absolute atomic E-state index is 12.4. The van der Waals surface area contributed by atoms with Crippen LogP contribution in [0.15, 0.2) is 46.5 Å². The van der Waals surface area contributed by atoms with Crippen molar-refractivity contribution in [3.05, 3.63) is 53.4 Å². The van der Waals surface area contributed by atoms with Crippen molar-refractivity contribution in [3.8, 4) is 0 Å². The van der Waals surface area contributed by atoms with Crippen LogP contribution in [0.1, 0.15) is 11.8 Å². The zero-order valence-corrected chi connectivity index (χ0v) is 11.8. The number of hydrogen-bond donors (Lipinski definition) is 0. The van der Waals surface area contributed by atoms with Crippen LogP contribution in [0, 0.1) is 0 Å². The number of rotatable bonds is 4. The number of aromatic nitrogens is 4. The Morgan fingerprint density at radius 1 is 1.38 bits per heavy atom. The van der Waals surface area contributed by atoms with E-state index in [9.17, 15) is 4.79 Å². The quantitative estimate of drug-likeness (QED) is 0.714. The van der Waals surface area contributed by atoms with E-state index < -0.39 is 0 Å². The SMILES string of the molecule is CN(C)C(Cn1cnc2ncncc2c1=O)c1ccco1. The average Bonchev–Trinajstić information content (AvgIpc) is 3.00. The molecule has 1 unspecified atom stereocenters. The number of fused-ring (bicyclic) bond motifs is 1. The second-order valence-corrected chi connectivity index (χ2v) is 4.96. The molecule has 3 heterocycles. The van der Waals surface area contributed by atoms with Crippen molar-refractivity contribution >= 4 is 11.0 Å². The lowest BCUT2D eigenvalue weighted by molar-refractivity contribution is 0.230. The zero-order chi connectivity index (χ0) is 14.8. The van der Waals surface area contributed by atoms with Gasteiger partial charge in [-0.1, -0.05) is 0 Å². The second kappa shape index (κ2) is 5.45. The van der Waals surface area contributed by atoms with Crippen molar-refractivity contribution < 1.29 is 4.42 Å². The molecule has 0 aliphatic rings. The lowest BCUT2D eigenvalue weighted by Crippen LogP contribution is -2.30. The van der Waals surface area contributed by atoms with Gasteiger partial charge in [0.2, 0.25) is 0 Å². The van der Waals surface area contributed by atoms with E-state index in [4.69, 9.17) is 4.42 Å². The third-order valence-electron chi connectivity index (χ3n) is 3.37. The maximum Gasteiger partial charge on any atom is 0.264 e. The van der Waals surface area contributed by atoms with Gasteiger partial charge in [-0.15, -0.1) is 0 Å². The summed E-state index contributed by atoms with van der Waals surface area (Å²) in [5, 5.41) is 0.414. The van der Waals surface area contributed by atoms with E-state index in [0.29, 0.717) is 17.6 Å². The Kier molecular flexibility index (Phi) is 3.49. The van der Waals surface area contributed by atoms with Crippen LogP contribution < -0.4 is 5.56 Å². The van der Waals surface area contributed by atoms with Crippen molar-refractivity contribution in [2.75, 3.05) is 14.1 Å². The molecule has 0 N–H and O–H groups in total. The normalized spacial score (nSPS) is 12.9. The fourth-order valence-electron chi connectivity index (χ4n) is 2.21. The Hall–Kier alpha value is -2.54. The number of furan rings is 1. The molecule has 0 saturated heterocycles. The van der Waals surface area contributed by atoms with Crippen LogP contribution >= 0.6 is 0 Å². The fourth-order valence-corrected chi connectivity index (χ4v) is 2.21. The van der Waals surface area contributed by atoms with Crippen molar-refractivity contribution in [1.82, 2.24) is 24.4 Å². The zero-order valence-electron chi connectivity index (χ0n) is 11.8. The molecular weight excluding hydrogens is 270 g/mol. The Labute approximate surface area is 120 Å². The van der Waals surface area contributed by atoms with Crippen LogP contribution in [-0.4, -0.2) is 38.5 Å². The first-order valence-electron chi connectivity index (χ1n) is 6.52. The van der Waals surface area contributed by atoms with Crippen LogP contribution in [0.25, 0.3) is 11.0 Å². The molecule has 0 saturated carbocycles. The molecule has 3 aromatic heterocycles. The fraction of sp³-hybridized carbons (Fsp3) is 0.286. The Bertz CT molecular complexity index is 794. The summed E-state index contributed by atoms with van der Waals surface area (Å²) in [6.07, 6.45) is 6.01. The van der Waals surface area contributed by atoms with Crippen LogP contribution in [0.2, 0.25) is 0 Å². The van der Waals surface area contributed by atoms with Gasteiger partial charge in [0.05, 0.1) is 12.3 Å². The molecule has 21 heavy (non-hydrogen) atoms. The van der Waals surface area contributed by atoms with Crippen molar-refractivity contribution in [2.45, 2.75) is 12.6 Å². The highest BCUT2D eigenvalue weighted by Gasteiger charge is 2.19. The number of likely N-dealkylation sites (N-methyl/N-ethyl adjacent to an activating group) is 1. The molecular formula is C14H15N5O2. The number of nitrogens with zero attached hydrogens (tertiary/aromatic N) is 5. The summed E-state index contributed by atoms with van der Waals surface area (Å²) in [7, 11) is 3.88. The topological polar surface area (TPSA) is 77.1 Å². The minimum absolute atomic E-state index is 0.0541. The van der Waals surface area contributed by atoms with E-state index in [-0.39, 0.29) is 11.6 Å². The summed E-state index contributed by atoms with van der Waals surface area (Å²) in [6, 6.07) is 3.68. The third kappa shape index (κ3) is 2.55. The summed E-state index contributed by atoms with van der Waals surface area (Å²) in [5.41, 5.74) is 0.254. The van der Waals surface area contributed by atoms with E-state index in [1.807, 2.05) is 31.1 Å². The predicted molar refractivity (Wildman–Crippen MR) is 76.7 cm³/mol. The van der Waals surface area contributed by atoms with Crippen LogP contribution in [0.3, 0.4) is 0 Å². The van der Waals surface area contributed by atoms with Gasteiger partial charge in [0.15, 0.2) is 5.65 Å². The van der Waals surface area contributed by atoms with Crippen LogP contribution in [-0.2, 0) is 6.54 Å². The van der Waals surface area contributed by atoms with E-state index in [1.165, 1.54) is 18.9 Å². The van der Waals surface area contributed by atoms with Gasteiger partial charge in [0.1, 0.15) is 23.8 Å². The summed E-state index contributed by atoms with van der Waals surface area (Å²) in [6.45, 7) is 0.442. The molecule has 0 aliphatic heterocycles. The smallest absolute Gasteiger partial charge is 0.264 e. The molecule has 0 bridgehead atoms. The van der Waals surface area contributed by atoms with Gasteiger partial charge in [-0.2, -0.15) is 0 Å². The minimum Gasteiger partial charge on any atom is -0.468 e. The van der Waals surface area contributed by atoms with E-state index >= 15 is 0 Å². The Balaban J connectivity index is 2.01. The van der Waals surface area contributed by atoms with E-state index in [0.717, 1.165) is 5.76 Å². The Morgan fingerprint density at radius 2 is 2.24 bits per heavy atom. The van der Waals surface area contributed by atoms with Gasteiger partial charge >= 0.3 is 0 Å². The van der Waals surface area contributed by atoms with Crippen molar-refractivity contribution in [1.29, 1.82) is 0 Å². The number of hydrogen-bond acceptors (Lipinski definition) is 6. The highest BCUT2D eigenvalue weighted by molar-refractivity contribution is 5.71. The third-order valence-corrected chi connectivity index (χ3v) is 3.37. The molecule has 0 fully saturated rings. The van der Waals surface area contributed by atoms with Gasteiger partial charge in [-0.3, -0.25) is 14.3 Å². The van der Waals surface area contributed by atoms with Gasteiger partial charge in [-0.25, -0.2) is 15.0 Å². The molecule has 0 amide bonds. The van der Waals surface area contributed by atoms with Crippen molar-refractivity contribution in [2.24, 2.45) is 0 Å². The summed E-state index contributed by atoms with van der Waals surface area (Å²) in [4.78, 5) is 26.5. The maximum atomic E-state index is 12.4. The van der Waals surface area contributed by atoms with Gasteiger partial charge in [0, 0.05) is 12.7 Å². The minimum atomic E-state index is -0.154. The molecule has 7 heteroatoms. The average molecular weight is 285 g/mol. The van der Waals surface area contributed by atoms with E-state index in [1.54, 1.807) is 10.8 Å². The largest absolute Gasteiger partial charge is 0.468 e. The van der Waals surface area contributed by atoms with Gasteiger partial charge in [-0.05, 0) is 26.2 Å². The van der Waals surface area contributed by atoms with Crippen LogP contribution in [0.4, 0.5) is 0 Å². The molecule has 0 spiro atoms. The molecule has 108 valence electrons. The molecule has 3 aromatic rings. The predicted octanol–water partition coefficient (Wildman–Crippen LogP) is 1.08. The molecule has 7 nitrogen and oxygen atoms in total. The van der Waals surface area contributed by atoms with Gasteiger partial charge in [0.25, 0.3) is 5.56 Å². The standard InChI is InChI=1S/C14H15N5O2/c1-18(2)11(12-4-3-5-21-12)7-19-9-17-13-10(14(19)20)6-15-8-16-13/h3-6,8-9,11H,7H2,1-2H3. The molecule has 1 atom stereocenters. The highest BCUT2D eigenvalue weighted by Crippen LogP contribution is 2.20. The molecule has 0 aromatic carbocycles. The second-order valence-electron chi connectivity index (χ2n) is 4.96. The summed E-state index contributed by atoms with van der Waals surface area (Å²) >= 11 is 0. The highest BCUT2D eigenvalue weighted by atomic mass is 16.3.